The first kappa shape index (κ1) is 7.60. The zero-order valence-corrected chi connectivity index (χ0v) is 7.47. The lowest BCUT2D eigenvalue weighted by atomic mass is 10.1. The molecule has 0 aliphatic heterocycles. The van der Waals surface area contributed by atoms with Crippen molar-refractivity contribution in [3.63, 3.8) is 0 Å². The van der Waals surface area contributed by atoms with E-state index in [-0.39, 0.29) is 0 Å². The van der Waals surface area contributed by atoms with Crippen molar-refractivity contribution in [1.82, 2.24) is 5.16 Å². The summed E-state index contributed by atoms with van der Waals surface area (Å²) in [7, 11) is 0. The zero-order valence-electron chi connectivity index (χ0n) is 5.89. The number of nitrogens with zero attached hydrogens (tertiary/aromatic N) is 1. The number of anilines is 1. The number of halogens is 1. The number of nitrogen functional groups attached to an aromatic ring is 1. The van der Waals surface area contributed by atoms with Gasteiger partial charge in [-0.05, 0) is 15.9 Å². The number of hydrogen-bond donors (Lipinski definition) is 1. The van der Waals surface area contributed by atoms with E-state index in [2.05, 4.69) is 21.1 Å². The lowest BCUT2D eigenvalue weighted by Crippen LogP contribution is -1.88. The summed E-state index contributed by atoms with van der Waals surface area (Å²) < 4.78 is 5.52. The van der Waals surface area contributed by atoms with Gasteiger partial charge in [-0.25, -0.2) is 0 Å². The third-order valence-electron chi connectivity index (χ3n) is 1.23. The molecule has 0 radical (unpaired) electrons. The molecule has 0 fully saturated rings. The van der Waals surface area contributed by atoms with Crippen molar-refractivity contribution < 1.29 is 4.52 Å². The minimum absolute atomic E-state index is 0.343. The average Bonchev–Trinajstić information content (AvgIpc) is 2.14. The number of hydrogen-bond acceptors (Lipinski definition) is 3. The van der Waals surface area contributed by atoms with E-state index >= 15 is 0 Å². The van der Waals surface area contributed by atoms with Crippen LogP contribution in [-0.2, 0) is 0 Å². The van der Waals surface area contributed by atoms with Crippen LogP contribution in [0, 0.1) is 0 Å². The smallest absolute Gasteiger partial charge is 0.236 e. The lowest BCUT2D eigenvalue weighted by molar-refractivity contribution is 0.424. The van der Waals surface area contributed by atoms with Crippen LogP contribution in [0.5, 0.6) is 0 Å². The molecule has 0 aliphatic carbocycles. The Kier molecular flexibility index (Phi) is 1.99. The Hall–Kier alpha value is -0.510. The van der Waals surface area contributed by atoms with Crippen molar-refractivity contribution >= 4 is 21.8 Å². The highest BCUT2D eigenvalue weighted by molar-refractivity contribution is 9.10. The van der Waals surface area contributed by atoms with Gasteiger partial charge >= 0.3 is 0 Å². The summed E-state index contributed by atoms with van der Waals surface area (Å²) in [6.07, 6.45) is 0. The Bertz CT molecular complexity index is 232. The molecule has 56 valence electrons. The highest BCUT2D eigenvalue weighted by Gasteiger charge is 2.12. The molecule has 1 aromatic rings. The topological polar surface area (TPSA) is 52.0 Å². The van der Waals surface area contributed by atoms with Crippen molar-refractivity contribution in [3.05, 3.63) is 10.2 Å². The van der Waals surface area contributed by atoms with E-state index in [1.807, 2.05) is 13.8 Å². The predicted molar refractivity (Wildman–Crippen MR) is 42.7 cm³/mol. The lowest BCUT2D eigenvalue weighted by Gasteiger charge is -1.96. The van der Waals surface area contributed by atoms with E-state index < -0.39 is 0 Å². The molecule has 2 N–H and O–H groups in total. The second-order valence-corrected chi connectivity index (χ2v) is 3.19. The van der Waals surface area contributed by atoms with Crippen LogP contribution in [0.3, 0.4) is 0 Å². The summed E-state index contributed by atoms with van der Waals surface area (Å²) in [6.45, 7) is 4.06. The van der Waals surface area contributed by atoms with Crippen LogP contribution < -0.4 is 5.73 Å². The summed E-state index contributed by atoms with van der Waals surface area (Å²) in [6, 6.07) is 0. The third-order valence-corrected chi connectivity index (χ3v) is 2.03. The Morgan fingerprint density at radius 1 is 1.60 bits per heavy atom. The van der Waals surface area contributed by atoms with Gasteiger partial charge in [-0.1, -0.05) is 19.0 Å². The summed E-state index contributed by atoms with van der Waals surface area (Å²) in [5.74, 6) is 0.694. The average molecular weight is 205 g/mol. The van der Waals surface area contributed by atoms with Crippen LogP contribution in [-0.4, -0.2) is 5.16 Å². The van der Waals surface area contributed by atoms with Gasteiger partial charge in [-0.15, -0.1) is 0 Å². The summed E-state index contributed by atoms with van der Waals surface area (Å²) in [4.78, 5) is 0. The van der Waals surface area contributed by atoms with Gasteiger partial charge in [-0.2, -0.15) is 0 Å². The first-order valence-corrected chi connectivity index (χ1v) is 3.82. The van der Waals surface area contributed by atoms with E-state index in [0.29, 0.717) is 11.8 Å². The molecule has 0 saturated heterocycles. The summed E-state index contributed by atoms with van der Waals surface area (Å²) >= 11 is 3.27. The molecule has 0 saturated carbocycles. The van der Waals surface area contributed by atoms with Gasteiger partial charge in [0.25, 0.3) is 0 Å². The van der Waals surface area contributed by atoms with Crippen LogP contribution in [0.2, 0.25) is 0 Å². The molecular formula is C6H9BrN2O. The number of nitrogens with two attached hydrogens (primary N) is 1. The number of rotatable bonds is 1. The molecule has 4 heteroatoms. The van der Waals surface area contributed by atoms with Gasteiger partial charge < -0.3 is 10.3 Å². The maximum atomic E-state index is 5.40. The second kappa shape index (κ2) is 2.62. The molecule has 1 heterocycles. The normalized spacial score (nSPS) is 10.8. The molecule has 0 amide bonds. The van der Waals surface area contributed by atoms with Crippen molar-refractivity contribution in [3.8, 4) is 0 Å². The predicted octanol–water partition coefficient (Wildman–Crippen LogP) is 2.14. The summed E-state index contributed by atoms with van der Waals surface area (Å²) in [5, 5.41) is 3.77. The van der Waals surface area contributed by atoms with Crippen molar-refractivity contribution in [2.45, 2.75) is 19.8 Å². The van der Waals surface area contributed by atoms with E-state index in [4.69, 9.17) is 10.3 Å². The van der Waals surface area contributed by atoms with Crippen LogP contribution in [0.4, 0.5) is 5.88 Å². The Balaban J connectivity index is 3.05. The third kappa shape index (κ3) is 1.16. The number of aromatic nitrogens is 1. The first-order chi connectivity index (χ1) is 4.63. The van der Waals surface area contributed by atoms with Crippen LogP contribution in [0.25, 0.3) is 0 Å². The largest absolute Gasteiger partial charge is 0.367 e. The van der Waals surface area contributed by atoms with Gasteiger partial charge in [0.15, 0.2) is 0 Å². The van der Waals surface area contributed by atoms with Crippen LogP contribution >= 0.6 is 15.9 Å². The molecule has 0 bridgehead atoms. The van der Waals surface area contributed by atoms with Gasteiger partial charge in [0.05, 0.1) is 0 Å². The molecule has 0 aromatic carbocycles. The monoisotopic (exact) mass is 204 g/mol. The molecule has 0 atom stereocenters. The molecule has 0 unspecified atom stereocenters. The Morgan fingerprint density at radius 3 is 2.40 bits per heavy atom. The molecule has 0 spiro atoms. The highest BCUT2D eigenvalue weighted by atomic mass is 79.9. The van der Waals surface area contributed by atoms with Gasteiger partial charge in [0.2, 0.25) is 5.88 Å². The van der Waals surface area contributed by atoms with Crippen molar-refractivity contribution in [2.24, 2.45) is 0 Å². The summed E-state index contributed by atoms with van der Waals surface area (Å²) in [5.41, 5.74) is 6.28. The Labute approximate surface area is 67.7 Å². The van der Waals surface area contributed by atoms with Gasteiger partial charge in [-0.3, -0.25) is 0 Å². The highest BCUT2D eigenvalue weighted by Crippen LogP contribution is 2.28. The zero-order chi connectivity index (χ0) is 7.72. The quantitative estimate of drug-likeness (QED) is 0.763. The van der Waals surface area contributed by atoms with Crippen molar-refractivity contribution in [2.75, 3.05) is 5.73 Å². The van der Waals surface area contributed by atoms with Crippen LogP contribution in [0.1, 0.15) is 25.5 Å². The standard InChI is InChI=1S/C6H9BrN2O/c1-3(2)5-4(7)6(8)10-9-5/h3H,8H2,1-2H3. The van der Waals surface area contributed by atoms with Crippen LogP contribution in [0.15, 0.2) is 9.00 Å². The van der Waals surface area contributed by atoms with E-state index in [9.17, 15) is 0 Å². The van der Waals surface area contributed by atoms with E-state index in [1.165, 1.54) is 0 Å². The molecule has 3 nitrogen and oxygen atoms in total. The fourth-order valence-electron chi connectivity index (χ4n) is 0.664. The van der Waals surface area contributed by atoms with Crippen molar-refractivity contribution in [1.29, 1.82) is 0 Å². The minimum atomic E-state index is 0.343. The SMILES string of the molecule is CC(C)c1noc(N)c1Br. The molecule has 0 aliphatic rings. The van der Waals surface area contributed by atoms with Gasteiger partial charge in [0.1, 0.15) is 10.2 Å². The Morgan fingerprint density at radius 2 is 2.20 bits per heavy atom. The first-order valence-electron chi connectivity index (χ1n) is 3.03. The fraction of sp³-hybridized carbons (Fsp3) is 0.500. The molecular weight excluding hydrogens is 196 g/mol. The molecule has 10 heavy (non-hydrogen) atoms. The maximum Gasteiger partial charge on any atom is 0.236 e. The molecule has 1 rings (SSSR count). The van der Waals surface area contributed by atoms with E-state index in [1.54, 1.807) is 0 Å². The maximum absolute atomic E-state index is 5.40. The second-order valence-electron chi connectivity index (χ2n) is 2.40. The van der Waals surface area contributed by atoms with E-state index in [0.717, 1.165) is 10.2 Å². The molecule has 1 aromatic heterocycles. The van der Waals surface area contributed by atoms with Gasteiger partial charge in [0, 0.05) is 5.92 Å². The minimum Gasteiger partial charge on any atom is -0.367 e. The fourth-order valence-corrected chi connectivity index (χ4v) is 1.27.